The lowest BCUT2D eigenvalue weighted by Gasteiger charge is -2.05. The lowest BCUT2D eigenvalue weighted by Crippen LogP contribution is -2.24. The van der Waals surface area contributed by atoms with Crippen molar-refractivity contribution in [3.63, 3.8) is 0 Å². The third-order valence-corrected chi connectivity index (χ3v) is 3.20. The second kappa shape index (κ2) is 6.33. The summed E-state index contributed by atoms with van der Waals surface area (Å²) in [6.45, 7) is 2.62. The highest BCUT2D eigenvalue weighted by molar-refractivity contribution is 14.1. The Morgan fingerprint density at radius 3 is 2.87 bits per heavy atom. The van der Waals surface area contributed by atoms with Crippen molar-refractivity contribution in [1.29, 1.82) is 0 Å². The molecule has 0 fully saturated rings. The van der Waals surface area contributed by atoms with Crippen molar-refractivity contribution in [2.45, 2.75) is 13.3 Å². The average Bonchev–Trinajstić information content (AvgIpc) is 2.22. The lowest BCUT2D eigenvalue weighted by atomic mass is 10.1. The number of rotatable bonds is 4. The number of carbonyl (C=O) groups is 1. The van der Waals surface area contributed by atoms with Gasteiger partial charge in [-0.3, -0.25) is 4.79 Å². The third kappa shape index (κ3) is 3.99. The van der Waals surface area contributed by atoms with Crippen molar-refractivity contribution >= 4 is 40.1 Å². The Kier molecular flexibility index (Phi) is 5.39. The average molecular weight is 338 g/mol. The molecule has 0 saturated carbocycles. The summed E-state index contributed by atoms with van der Waals surface area (Å²) in [6.07, 6.45) is 0.999. The summed E-state index contributed by atoms with van der Waals surface area (Å²) in [5.41, 5.74) is 1.60. The minimum atomic E-state index is -0.0281. The maximum absolute atomic E-state index is 11.6. The molecule has 82 valence electrons. The van der Waals surface area contributed by atoms with Gasteiger partial charge in [-0.2, -0.15) is 0 Å². The SMILES string of the molecule is Cc1cc(C(=O)NCCCI)ccc1Cl. The zero-order chi connectivity index (χ0) is 11.3. The van der Waals surface area contributed by atoms with Crippen molar-refractivity contribution in [1.82, 2.24) is 5.32 Å². The van der Waals surface area contributed by atoms with E-state index in [-0.39, 0.29) is 5.91 Å². The molecule has 15 heavy (non-hydrogen) atoms. The fourth-order valence-electron chi connectivity index (χ4n) is 1.16. The Labute approximate surface area is 109 Å². The quantitative estimate of drug-likeness (QED) is 0.510. The highest BCUT2D eigenvalue weighted by Gasteiger charge is 2.05. The molecule has 0 heterocycles. The van der Waals surface area contributed by atoms with Crippen LogP contribution in [0.1, 0.15) is 22.3 Å². The number of halogens is 2. The molecule has 0 spiro atoms. The summed E-state index contributed by atoms with van der Waals surface area (Å²) < 4.78 is 1.05. The number of aryl methyl sites for hydroxylation is 1. The first kappa shape index (κ1) is 12.8. The number of nitrogens with one attached hydrogen (secondary N) is 1. The Bertz CT molecular complexity index is 354. The largest absolute Gasteiger partial charge is 0.352 e. The number of amides is 1. The summed E-state index contributed by atoms with van der Waals surface area (Å²) in [5, 5.41) is 3.55. The molecule has 0 aliphatic carbocycles. The molecule has 1 aromatic carbocycles. The van der Waals surface area contributed by atoms with Crippen LogP contribution in [0.4, 0.5) is 0 Å². The minimum Gasteiger partial charge on any atom is -0.352 e. The summed E-state index contributed by atoms with van der Waals surface area (Å²) in [7, 11) is 0. The zero-order valence-electron chi connectivity index (χ0n) is 8.52. The van der Waals surface area contributed by atoms with E-state index in [1.54, 1.807) is 12.1 Å². The molecule has 4 heteroatoms. The molecule has 1 N–H and O–H groups in total. The molecule has 0 atom stereocenters. The Balaban J connectivity index is 2.62. The fraction of sp³-hybridized carbons (Fsp3) is 0.364. The van der Waals surface area contributed by atoms with Crippen LogP contribution in [-0.2, 0) is 0 Å². The van der Waals surface area contributed by atoms with Crippen molar-refractivity contribution in [3.8, 4) is 0 Å². The van der Waals surface area contributed by atoms with Gasteiger partial charge < -0.3 is 5.32 Å². The van der Waals surface area contributed by atoms with Crippen LogP contribution in [0.2, 0.25) is 5.02 Å². The van der Waals surface area contributed by atoms with Gasteiger partial charge in [0, 0.05) is 21.6 Å². The predicted octanol–water partition coefficient (Wildman–Crippen LogP) is 3.20. The summed E-state index contributed by atoms with van der Waals surface area (Å²) in [6, 6.07) is 5.31. The van der Waals surface area contributed by atoms with Crippen LogP contribution < -0.4 is 5.32 Å². The highest BCUT2D eigenvalue weighted by atomic mass is 127. The first-order valence-electron chi connectivity index (χ1n) is 4.75. The predicted molar refractivity (Wildman–Crippen MR) is 72.0 cm³/mol. The normalized spacial score (nSPS) is 10.1. The van der Waals surface area contributed by atoms with Crippen molar-refractivity contribution in [2.24, 2.45) is 0 Å². The van der Waals surface area contributed by atoms with Gasteiger partial charge in [0.1, 0.15) is 0 Å². The highest BCUT2D eigenvalue weighted by Crippen LogP contribution is 2.16. The van der Waals surface area contributed by atoms with Gasteiger partial charge >= 0.3 is 0 Å². The number of alkyl halides is 1. The van der Waals surface area contributed by atoms with Crippen LogP contribution in [0.25, 0.3) is 0 Å². The van der Waals surface area contributed by atoms with Crippen LogP contribution in [0.5, 0.6) is 0 Å². The number of carbonyl (C=O) groups excluding carboxylic acids is 1. The molecule has 0 bridgehead atoms. The zero-order valence-corrected chi connectivity index (χ0v) is 11.4. The van der Waals surface area contributed by atoms with Gasteiger partial charge in [0.05, 0.1) is 0 Å². The van der Waals surface area contributed by atoms with Crippen molar-refractivity contribution in [2.75, 3.05) is 11.0 Å². The topological polar surface area (TPSA) is 29.1 Å². The summed E-state index contributed by atoms with van der Waals surface area (Å²) in [4.78, 5) is 11.6. The van der Waals surface area contributed by atoms with E-state index in [1.165, 1.54) is 0 Å². The van der Waals surface area contributed by atoms with Crippen LogP contribution in [-0.4, -0.2) is 16.9 Å². The van der Waals surface area contributed by atoms with Gasteiger partial charge in [0.2, 0.25) is 0 Å². The van der Waals surface area contributed by atoms with E-state index in [2.05, 4.69) is 27.9 Å². The Hall–Kier alpha value is -0.290. The molecule has 1 aromatic rings. The maximum Gasteiger partial charge on any atom is 0.251 e. The second-order valence-corrected chi connectivity index (χ2v) is 4.75. The maximum atomic E-state index is 11.6. The van der Waals surface area contributed by atoms with Crippen LogP contribution in [0, 0.1) is 6.92 Å². The van der Waals surface area contributed by atoms with Gasteiger partial charge in [0.15, 0.2) is 0 Å². The standard InChI is InChI=1S/C11H13ClINO/c1-8-7-9(3-4-10(8)12)11(15)14-6-2-5-13/h3-4,7H,2,5-6H2,1H3,(H,14,15). The van der Waals surface area contributed by atoms with Gasteiger partial charge in [-0.05, 0) is 37.1 Å². The van der Waals surface area contributed by atoms with Gasteiger partial charge in [-0.25, -0.2) is 0 Å². The summed E-state index contributed by atoms with van der Waals surface area (Å²) >= 11 is 8.17. The van der Waals surface area contributed by atoms with E-state index < -0.39 is 0 Å². The third-order valence-electron chi connectivity index (χ3n) is 2.02. The van der Waals surface area contributed by atoms with Gasteiger partial charge in [-0.15, -0.1) is 0 Å². The molecule has 0 radical (unpaired) electrons. The molecule has 1 rings (SSSR count). The fourth-order valence-corrected chi connectivity index (χ4v) is 1.66. The van der Waals surface area contributed by atoms with Crippen LogP contribution >= 0.6 is 34.2 Å². The molecule has 0 unspecified atom stereocenters. The van der Waals surface area contributed by atoms with Crippen LogP contribution in [0.15, 0.2) is 18.2 Å². The molecular formula is C11H13ClINO. The van der Waals surface area contributed by atoms with E-state index in [9.17, 15) is 4.79 Å². The van der Waals surface area contributed by atoms with Gasteiger partial charge in [-0.1, -0.05) is 34.2 Å². The first-order chi connectivity index (χ1) is 7.15. The minimum absolute atomic E-state index is 0.0281. The lowest BCUT2D eigenvalue weighted by molar-refractivity contribution is 0.0954. The van der Waals surface area contributed by atoms with E-state index in [0.29, 0.717) is 10.6 Å². The second-order valence-electron chi connectivity index (χ2n) is 3.26. The number of benzene rings is 1. The molecule has 0 aliphatic rings. The Morgan fingerprint density at radius 1 is 1.53 bits per heavy atom. The number of hydrogen-bond donors (Lipinski definition) is 1. The Morgan fingerprint density at radius 2 is 2.27 bits per heavy atom. The van der Waals surface area contributed by atoms with Crippen molar-refractivity contribution < 1.29 is 4.79 Å². The molecular weight excluding hydrogens is 324 g/mol. The molecule has 2 nitrogen and oxygen atoms in total. The first-order valence-corrected chi connectivity index (χ1v) is 6.66. The molecule has 0 aliphatic heterocycles. The van der Waals surface area contributed by atoms with E-state index in [4.69, 9.17) is 11.6 Å². The van der Waals surface area contributed by atoms with E-state index in [0.717, 1.165) is 23.0 Å². The molecule has 0 saturated heterocycles. The molecule has 0 aromatic heterocycles. The van der Waals surface area contributed by atoms with Crippen molar-refractivity contribution in [3.05, 3.63) is 34.3 Å². The van der Waals surface area contributed by atoms with E-state index in [1.807, 2.05) is 13.0 Å². The number of hydrogen-bond acceptors (Lipinski definition) is 1. The molecule has 1 amide bonds. The van der Waals surface area contributed by atoms with E-state index >= 15 is 0 Å². The monoisotopic (exact) mass is 337 g/mol. The van der Waals surface area contributed by atoms with Gasteiger partial charge in [0.25, 0.3) is 5.91 Å². The smallest absolute Gasteiger partial charge is 0.251 e. The summed E-state index contributed by atoms with van der Waals surface area (Å²) in [5.74, 6) is -0.0281. The van der Waals surface area contributed by atoms with Crippen LogP contribution in [0.3, 0.4) is 0 Å².